The first-order valence-electron chi connectivity index (χ1n) is 9.78. The van der Waals surface area contributed by atoms with Crippen LogP contribution in [0.5, 0.6) is 0 Å². The molecule has 1 aromatic carbocycles. The smallest absolute Gasteiger partial charge is 0.244 e. The molecule has 0 radical (unpaired) electrons. The second kappa shape index (κ2) is 7.55. The molecule has 2 saturated heterocycles. The quantitative estimate of drug-likeness (QED) is 0.656. The minimum absolute atomic E-state index is 0.210. The van der Waals surface area contributed by atoms with Gasteiger partial charge in [0, 0.05) is 24.5 Å². The van der Waals surface area contributed by atoms with E-state index in [0.717, 1.165) is 23.7 Å². The molecule has 142 valence electrons. The summed E-state index contributed by atoms with van der Waals surface area (Å²) in [4.78, 5) is 40.7. The lowest BCUT2D eigenvalue weighted by Crippen LogP contribution is -2.38. The Morgan fingerprint density at radius 3 is 2.11 bits per heavy atom. The van der Waals surface area contributed by atoms with Gasteiger partial charge < -0.3 is 10.2 Å². The van der Waals surface area contributed by atoms with Crippen LogP contribution in [0.2, 0.25) is 0 Å². The van der Waals surface area contributed by atoms with Crippen LogP contribution in [0, 0.1) is 11.8 Å². The fourth-order valence-electron chi connectivity index (χ4n) is 4.28. The molecule has 1 aromatic rings. The summed E-state index contributed by atoms with van der Waals surface area (Å²) in [5, 5.41) is 2.80. The van der Waals surface area contributed by atoms with Crippen LogP contribution >= 0.6 is 0 Å². The number of fused-ring (bicyclic) bond motifs is 1. The average molecular weight is 367 g/mol. The number of carbonyl (C=O) groups is 3. The molecule has 27 heavy (non-hydrogen) atoms. The number of hydrogen-bond donors (Lipinski definition) is 1. The van der Waals surface area contributed by atoms with E-state index in [-0.39, 0.29) is 36.1 Å². The monoisotopic (exact) mass is 367 g/mol. The Balaban J connectivity index is 1.35. The van der Waals surface area contributed by atoms with Gasteiger partial charge in [0.15, 0.2) is 0 Å². The molecule has 4 rings (SSSR count). The van der Waals surface area contributed by atoms with E-state index in [4.69, 9.17) is 0 Å². The van der Waals surface area contributed by atoms with E-state index in [9.17, 15) is 14.4 Å². The van der Waals surface area contributed by atoms with Crippen molar-refractivity contribution in [1.29, 1.82) is 0 Å². The lowest BCUT2D eigenvalue weighted by Gasteiger charge is -2.28. The molecule has 6 nitrogen and oxygen atoms in total. The first-order valence-corrected chi connectivity index (χ1v) is 9.78. The molecule has 2 aliphatic heterocycles. The van der Waals surface area contributed by atoms with Crippen molar-refractivity contribution >= 4 is 29.1 Å². The lowest BCUT2D eigenvalue weighted by molar-refractivity contribution is -0.142. The Bertz CT molecular complexity index is 739. The summed E-state index contributed by atoms with van der Waals surface area (Å²) in [6.07, 6.45) is 8.79. The van der Waals surface area contributed by atoms with E-state index in [1.165, 1.54) is 19.3 Å². The van der Waals surface area contributed by atoms with Crippen molar-refractivity contribution in [3.63, 3.8) is 0 Å². The number of carbonyl (C=O) groups excluding carboxylic acids is 3. The fraction of sp³-hybridized carbons (Fsp3) is 0.476. The second-order valence-corrected chi connectivity index (χ2v) is 7.56. The van der Waals surface area contributed by atoms with Crippen molar-refractivity contribution in [3.8, 4) is 0 Å². The van der Waals surface area contributed by atoms with E-state index in [1.54, 1.807) is 0 Å². The number of allylic oxidation sites excluding steroid dienone is 2. The van der Waals surface area contributed by atoms with Gasteiger partial charge in [-0.15, -0.1) is 0 Å². The highest BCUT2D eigenvalue weighted by Gasteiger charge is 2.47. The van der Waals surface area contributed by atoms with Gasteiger partial charge in [0.05, 0.1) is 11.8 Å². The van der Waals surface area contributed by atoms with Gasteiger partial charge in [0.1, 0.15) is 6.54 Å². The molecule has 3 amide bonds. The van der Waals surface area contributed by atoms with Crippen LogP contribution in [-0.4, -0.2) is 42.3 Å². The van der Waals surface area contributed by atoms with E-state index >= 15 is 0 Å². The number of nitrogens with zero attached hydrogens (tertiary/aromatic N) is 2. The predicted molar refractivity (Wildman–Crippen MR) is 103 cm³/mol. The average Bonchev–Trinajstić information content (AvgIpc) is 2.94. The highest BCUT2D eigenvalue weighted by Crippen LogP contribution is 2.34. The van der Waals surface area contributed by atoms with Gasteiger partial charge in [-0.05, 0) is 56.4 Å². The standard InChI is InChI=1S/C21H25N3O3/c25-19(14-24-20(26)17-6-2-3-7-18(17)21(24)27)22-15-8-10-16(11-9-15)23-12-4-1-5-13-23/h2-3,8-11,17-18H,1,4-7,12-14H2,(H,22,25)/t17-,18+. The van der Waals surface area contributed by atoms with Crippen LogP contribution in [-0.2, 0) is 14.4 Å². The predicted octanol–water partition coefficient (Wildman–Crippen LogP) is 2.57. The van der Waals surface area contributed by atoms with Gasteiger partial charge in [-0.1, -0.05) is 12.2 Å². The maximum absolute atomic E-state index is 12.4. The number of anilines is 2. The Labute approximate surface area is 159 Å². The van der Waals surface area contributed by atoms with Crippen molar-refractivity contribution in [2.45, 2.75) is 32.1 Å². The SMILES string of the molecule is O=C(CN1C(=O)[C@H]2CC=CC[C@H]2C1=O)Nc1ccc(N2CCCCC2)cc1. The molecular formula is C21H25N3O3. The van der Waals surface area contributed by atoms with E-state index in [2.05, 4.69) is 10.2 Å². The van der Waals surface area contributed by atoms with Crippen molar-refractivity contribution < 1.29 is 14.4 Å². The molecule has 1 N–H and O–H groups in total. The Morgan fingerprint density at radius 1 is 0.926 bits per heavy atom. The number of amides is 3. The summed E-state index contributed by atoms with van der Waals surface area (Å²) in [5.41, 5.74) is 1.84. The number of imide groups is 1. The minimum Gasteiger partial charge on any atom is -0.372 e. The van der Waals surface area contributed by atoms with Crippen LogP contribution in [0.4, 0.5) is 11.4 Å². The Hall–Kier alpha value is -2.63. The molecule has 0 unspecified atom stereocenters. The highest BCUT2D eigenvalue weighted by molar-refractivity contribution is 6.08. The fourth-order valence-corrected chi connectivity index (χ4v) is 4.28. The topological polar surface area (TPSA) is 69.7 Å². The number of nitrogens with one attached hydrogen (secondary N) is 1. The number of rotatable bonds is 4. The molecule has 0 bridgehead atoms. The second-order valence-electron chi connectivity index (χ2n) is 7.56. The summed E-state index contributed by atoms with van der Waals surface area (Å²) in [6, 6.07) is 7.76. The number of piperidine rings is 1. The molecule has 3 aliphatic rings. The van der Waals surface area contributed by atoms with Crippen molar-refractivity contribution in [2.24, 2.45) is 11.8 Å². The van der Waals surface area contributed by atoms with Gasteiger partial charge in [-0.3, -0.25) is 19.3 Å². The summed E-state index contributed by atoms with van der Waals surface area (Å²) in [5.74, 6) is -1.36. The summed E-state index contributed by atoms with van der Waals surface area (Å²) in [6.45, 7) is 1.93. The van der Waals surface area contributed by atoms with Crippen LogP contribution < -0.4 is 10.2 Å². The summed E-state index contributed by atoms with van der Waals surface area (Å²) in [7, 11) is 0. The maximum Gasteiger partial charge on any atom is 0.244 e. The van der Waals surface area contributed by atoms with Gasteiger partial charge in [0.2, 0.25) is 17.7 Å². The number of hydrogen-bond acceptors (Lipinski definition) is 4. The first-order chi connectivity index (χ1) is 13.1. The molecule has 0 spiro atoms. The van der Waals surface area contributed by atoms with Crippen molar-refractivity contribution in [1.82, 2.24) is 4.90 Å². The van der Waals surface area contributed by atoms with Crippen molar-refractivity contribution in [2.75, 3.05) is 29.9 Å². The van der Waals surface area contributed by atoms with E-state index < -0.39 is 0 Å². The van der Waals surface area contributed by atoms with E-state index in [0.29, 0.717) is 18.5 Å². The molecule has 0 saturated carbocycles. The zero-order valence-electron chi connectivity index (χ0n) is 15.4. The third-order valence-electron chi connectivity index (χ3n) is 5.77. The molecule has 2 fully saturated rings. The lowest BCUT2D eigenvalue weighted by atomic mass is 9.85. The molecule has 1 aliphatic carbocycles. The molecule has 0 aromatic heterocycles. The summed E-state index contributed by atoms with van der Waals surface area (Å²) < 4.78 is 0. The van der Waals surface area contributed by atoms with Crippen LogP contribution in [0.25, 0.3) is 0 Å². The molecule has 2 heterocycles. The minimum atomic E-state index is -0.339. The zero-order chi connectivity index (χ0) is 18.8. The Morgan fingerprint density at radius 2 is 1.52 bits per heavy atom. The molecular weight excluding hydrogens is 342 g/mol. The first kappa shape index (κ1) is 17.8. The van der Waals surface area contributed by atoms with Crippen molar-refractivity contribution in [3.05, 3.63) is 36.4 Å². The normalized spacial score (nSPS) is 24.9. The summed E-state index contributed by atoms with van der Waals surface area (Å²) >= 11 is 0. The molecule has 2 atom stereocenters. The maximum atomic E-state index is 12.4. The largest absolute Gasteiger partial charge is 0.372 e. The van der Waals surface area contributed by atoms with Crippen LogP contribution in [0.1, 0.15) is 32.1 Å². The van der Waals surface area contributed by atoms with E-state index in [1.807, 2.05) is 36.4 Å². The Kier molecular flexibility index (Phi) is 4.97. The number of benzene rings is 1. The molecule has 6 heteroatoms. The highest BCUT2D eigenvalue weighted by atomic mass is 16.2. The van der Waals surface area contributed by atoms with Crippen LogP contribution in [0.15, 0.2) is 36.4 Å². The van der Waals surface area contributed by atoms with Crippen LogP contribution in [0.3, 0.4) is 0 Å². The zero-order valence-corrected chi connectivity index (χ0v) is 15.4. The third-order valence-corrected chi connectivity index (χ3v) is 5.77. The van der Waals surface area contributed by atoms with Gasteiger partial charge >= 0.3 is 0 Å². The number of likely N-dealkylation sites (tertiary alicyclic amines) is 1. The van der Waals surface area contributed by atoms with Gasteiger partial charge in [-0.25, -0.2) is 0 Å². The van der Waals surface area contributed by atoms with Gasteiger partial charge in [-0.2, -0.15) is 0 Å². The van der Waals surface area contributed by atoms with Gasteiger partial charge in [0.25, 0.3) is 0 Å². The third kappa shape index (κ3) is 3.61.